The third-order valence-electron chi connectivity index (χ3n) is 5.74. The minimum atomic E-state index is -0.250. The lowest BCUT2D eigenvalue weighted by Gasteiger charge is -2.32. The van der Waals surface area contributed by atoms with Crippen molar-refractivity contribution >= 4 is 23.4 Å². The molecule has 0 N–H and O–H groups in total. The van der Waals surface area contributed by atoms with Gasteiger partial charge in [-0.2, -0.15) is 0 Å². The molecule has 1 aromatic carbocycles. The summed E-state index contributed by atoms with van der Waals surface area (Å²) in [5, 5.41) is 8.50. The normalized spacial score (nSPS) is 15.9. The van der Waals surface area contributed by atoms with Gasteiger partial charge in [0.1, 0.15) is 0 Å². The van der Waals surface area contributed by atoms with Crippen LogP contribution in [0.25, 0.3) is 11.5 Å². The van der Waals surface area contributed by atoms with Gasteiger partial charge >= 0.3 is 0 Å². The van der Waals surface area contributed by atoms with Crippen LogP contribution in [0.15, 0.2) is 33.9 Å². The Kier molecular flexibility index (Phi) is 7.58. The van der Waals surface area contributed by atoms with Crippen molar-refractivity contribution in [3.8, 4) is 11.5 Å². The summed E-state index contributed by atoms with van der Waals surface area (Å²) in [6.45, 7) is 8.14. The lowest BCUT2D eigenvalue weighted by Crippen LogP contribution is -2.42. The Hall–Kier alpha value is -2.02. The Balaban J connectivity index is 1.61. The van der Waals surface area contributed by atoms with Gasteiger partial charge in [0.25, 0.3) is 5.22 Å². The summed E-state index contributed by atoms with van der Waals surface area (Å²) < 4.78 is 5.83. The topological polar surface area (TPSA) is 62.5 Å². The van der Waals surface area contributed by atoms with E-state index in [1.165, 1.54) is 36.7 Å². The number of anilines is 1. The summed E-state index contributed by atoms with van der Waals surface area (Å²) in [5.74, 6) is 0.615. The van der Waals surface area contributed by atoms with Crippen molar-refractivity contribution in [3.05, 3.63) is 24.3 Å². The number of carbonyl (C=O) groups is 1. The van der Waals surface area contributed by atoms with Crippen molar-refractivity contribution in [2.45, 2.75) is 69.4 Å². The summed E-state index contributed by atoms with van der Waals surface area (Å²) in [5.41, 5.74) is 2.07. The molecular weight excluding hydrogens is 384 g/mol. The van der Waals surface area contributed by atoms with Gasteiger partial charge < -0.3 is 14.2 Å². The van der Waals surface area contributed by atoms with Crippen molar-refractivity contribution in [2.24, 2.45) is 0 Å². The molecule has 0 spiro atoms. The maximum absolute atomic E-state index is 12.8. The molecule has 1 aromatic heterocycles. The maximum atomic E-state index is 12.8. The molecule has 1 amide bonds. The zero-order valence-corrected chi connectivity index (χ0v) is 18.7. The predicted octanol–water partition coefficient (Wildman–Crippen LogP) is 4.85. The molecule has 1 aliphatic carbocycles. The number of hydrogen-bond acceptors (Lipinski definition) is 6. The number of rotatable bonds is 8. The van der Waals surface area contributed by atoms with Crippen LogP contribution < -0.4 is 4.90 Å². The fourth-order valence-electron chi connectivity index (χ4n) is 3.91. The first-order chi connectivity index (χ1) is 14.0. The molecule has 0 saturated heterocycles. The molecule has 2 aromatic rings. The molecular formula is C22H32N4O2S. The third-order valence-corrected chi connectivity index (χ3v) is 6.67. The van der Waals surface area contributed by atoms with Crippen LogP contribution in [0.2, 0.25) is 0 Å². The van der Waals surface area contributed by atoms with Crippen molar-refractivity contribution in [1.82, 2.24) is 15.1 Å². The highest BCUT2D eigenvalue weighted by Crippen LogP contribution is 2.29. The summed E-state index contributed by atoms with van der Waals surface area (Å²) >= 11 is 1.34. The first-order valence-corrected chi connectivity index (χ1v) is 11.5. The molecule has 1 atom stereocenters. The third kappa shape index (κ3) is 5.32. The summed E-state index contributed by atoms with van der Waals surface area (Å²) in [4.78, 5) is 17.0. The van der Waals surface area contributed by atoms with E-state index in [2.05, 4.69) is 41.1 Å². The number of benzene rings is 1. The van der Waals surface area contributed by atoms with Crippen LogP contribution in [0.5, 0.6) is 0 Å². The molecule has 0 aliphatic heterocycles. The van der Waals surface area contributed by atoms with Gasteiger partial charge in [-0.1, -0.05) is 31.0 Å². The smallest absolute Gasteiger partial charge is 0.277 e. The van der Waals surface area contributed by atoms with Gasteiger partial charge in [0, 0.05) is 37.4 Å². The average Bonchev–Trinajstić information content (AvgIpc) is 3.23. The Morgan fingerprint density at radius 2 is 1.79 bits per heavy atom. The van der Waals surface area contributed by atoms with E-state index in [4.69, 9.17) is 4.42 Å². The summed E-state index contributed by atoms with van der Waals surface area (Å²) in [6, 6.07) is 8.51. The fourth-order valence-corrected chi connectivity index (χ4v) is 4.70. The maximum Gasteiger partial charge on any atom is 0.277 e. The van der Waals surface area contributed by atoms with Gasteiger partial charge in [0.05, 0.1) is 5.25 Å². The first-order valence-electron chi connectivity index (χ1n) is 10.7. The van der Waals surface area contributed by atoms with Gasteiger partial charge in [-0.25, -0.2) is 0 Å². The van der Waals surface area contributed by atoms with Gasteiger partial charge in [0.15, 0.2) is 0 Å². The van der Waals surface area contributed by atoms with Crippen molar-refractivity contribution < 1.29 is 9.21 Å². The van der Waals surface area contributed by atoms with E-state index in [1.807, 2.05) is 31.0 Å². The molecule has 0 radical (unpaired) electrons. The molecule has 6 nitrogen and oxygen atoms in total. The van der Waals surface area contributed by atoms with E-state index in [9.17, 15) is 4.79 Å². The fraction of sp³-hybridized carbons (Fsp3) is 0.591. The molecule has 1 heterocycles. The monoisotopic (exact) mass is 416 g/mol. The number of carbonyl (C=O) groups excluding carboxylic acids is 1. The van der Waals surface area contributed by atoms with E-state index >= 15 is 0 Å². The Labute approximate surface area is 178 Å². The van der Waals surface area contributed by atoms with Crippen molar-refractivity contribution in [3.63, 3.8) is 0 Å². The van der Waals surface area contributed by atoms with Gasteiger partial charge in [0.2, 0.25) is 11.8 Å². The minimum absolute atomic E-state index is 0.130. The molecule has 3 rings (SSSR count). The van der Waals surface area contributed by atoms with Crippen LogP contribution in [0, 0.1) is 0 Å². The van der Waals surface area contributed by atoms with E-state index in [1.54, 1.807) is 0 Å². The lowest BCUT2D eigenvalue weighted by molar-refractivity contribution is -0.131. The SMILES string of the molecule is CCN(CC)c1ccc(-c2nnc(SC(C)C(=O)N(C)C3CCCCC3)o2)cc1. The number of thioether (sulfide) groups is 1. The molecule has 1 unspecified atom stereocenters. The zero-order valence-electron chi connectivity index (χ0n) is 17.9. The Bertz CT molecular complexity index is 782. The van der Waals surface area contributed by atoms with E-state index in [0.717, 1.165) is 31.5 Å². The van der Waals surface area contributed by atoms with Crippen molar-refractivity contribution in [2.75, 3.05) is 25.0 Å². The highest BCUT2D eigenvalue weighted by Gasteiger charge is 2.27. The predicted molar refractivity (Wildman–Crippen MR) is 118 cm³/mol. The molecule has 1 fully saturated rings. The molecule has 0 bridgehead atoms. The Morgan fingerprint density at radius 3 is 2.41 bits per heavy atom. The molecule has 1 aliphatic rings. The zero-order chi connectivity index (χ0) is 20.8. The van der Waals surface area contributed by atoms with Gasteiger partial charge in [-0.3, -0.25) is 4.79 Å². The van der Waals surface area contributed by atoms with Crippen molar-refractivity contribution in [1.29, 1.82) is 0 Å². The number of aromatic nitrogens is 2. The van der Waals surface area contributed by atoms with Crippen LogP contribution in [-0.2, 0) is 4.79 Å². The standard InChI is InChI=1S/C22H32N4O2S/c1-5-26(6-2)19-14-12-17(13-15-19)20-23-24-22(28-20)29-16(3)21(27)25(4)18-10-8-7-9-11-18/h12-16,18H,5-11H2,1-4H3. The summed E-state index contributed by atoms with van der Waals surface area (Å²) in [7, 11) is 1.92. The highest BCUT2D eigenvalue weighted by molar-refractivity contribution is 8.00. The number of amides is 1. The van der Waals surface area contributed by atoms with Crippen LogP contribution >= 0.6 is 11.8 Å². The van der Waals surface area contributed by atoms with Crippen LogP contribution in [-0.4, -0.2) is 52.4 Å². The molecule has 29 heavy (non-hydrogen) atoms. The second-order valence-electron chi connectivity index (χ2n) is 7.59. The highest BCUT2D eigenvalue weighted by atomic mass is 32.2. The summed E-state index contributed by atoms with van der Waals surface area (Å²) in [6.07, 6.45) is 5.92. The van der Waals surface area contributed by atoms with E-state index < -0.39 is 0 Å². The first kappa shape index (κ1) is 21.7. The molecule has 158 valence electrons. The molecule has 1 saturated carbocycles. The second-order valence-corrected chi connectivity index (χ2v) is 8.89. The lowest BCUT2D eigenvalue weighted by atomic mass is 9.94. The van der Waals surface area contributed by atoms with Crippen LogP contribution in [0.3, 0.4) is 0 Å². The van der Waals surface area contributed by atoms with Crippen LogP contribution in [0.1, 0.15) is 52.9 Å². The number of nitrogens with zero attached hydrogens (tertiary/aromatic N) is 4. The van der Waals surface area contributed by atoms with Crippen LogP contribution in [0.4, 0.5) is 5.69 Å². The number of hydrogen-bond donors (Lipinski definition) is 0. The van der Waals surface area contributed by atoms with Gasteiger partial charge in [-0.05, 0) is 57.9 Å². The molecule has 7 heteroatoms. The second kappa shape index (κ2) is 10.1. The Morgan fingerprint density at radius 1 is 1.14 bits per heavy atom. The quantitative estimate of drug-likeness (QED) is 0.573. The largest absolute Gasteiger partial charge is 0.411 e. The average molecular weight is 417 g/mol. The van der Waals surface area contributed by atoms with E-state index in [0.29, 0.717) is 17.2 Å². The van der Waals surface area contributed by atoms with Gasteiger partial charge in [-0.15, -0.1) is 10.2 Å². The van der Waals surface area contributed by atoms with E-state index in [-0.39, 0.29) is 11.2 Å². The minimum Gasteiger partial charge on any atom is -0.411 e.